The van der Waals surface area contributed by atoms with E-state index in [2.05, 4.69) is 15.3 Å². The number of amides is 2. The predicted octanol–water partition coefficient (Wildman–Crippen LogP) is -1.57. The highest BCUT2D eigenvalue weighted by molar-refractivity contribution is 5.98. The van der Waals surface area contributed by atoms with Gasteiger partial charge < -0.3 is 20.3 Å². The minimum atomic E-state index is -1.15. The number of rotatable bonds is 2. The third-order valence-electron chi connectivity index (χ3n) is 2.46. The number of carboxylic acid groups (broad SMARTS) is 1. The number of piperazine rings is 1. The Bertz CT molecular complexity index is 456. The van der Waals surface area contributed by atoms with Gasteiger partial charge in [0.05, 0.1) is 12.5 Å². The number of imidazole rings is 1. The van der Waals surface area contributed by atoms with Crippen LogP contribution in [0.1, 0.15) is 10.5 Å². The topological polar surface area (TPSA) is 115 Å². The molecule has 0 aromatic carbocycles. The third-order valence-corrected chi connectivity index (χ3v) is 2.46. The number of carbonyl (C=O) groups is 3. The number of aliphatic carboxylic acids is 1. The Morgan fingerprint density at radius 1 is 1.53 bits per heavy atom. The minimum Gasteiger partial charge on any atom is -0.480 e. The van der Waals surface area contributed by atoms with Crippen molar-refractivity contribution in [2.24, 2.45) is 0 Å². The van der Waals surface area contributed by atoms with Gasteiger partial charge in [0.2, 0.25) is 5.91 Å². The van der Waals surface area contributed by atoms with Gasteiger partial charge in [0, 0.05) is 6.54 Å². The van der Waals surface area contributed by atoms with Crippen LogP contribution in [-0.2, 0) is 9.59 Å². The molecular weight excluding hydrogens is 228 g/mol. The largest absolute Gasteiger partial charge is 0.480 e. The van der Waals surface area contributed by atoms with E-state index in [1.54, 1.807) is 0 Å². The van der Waals surface area contributed by atoms with Gasteiger partial charge in [-0.3, -0.25) is 9.59 Å². The molecule has 90 valence electrons. The molecule has 2 heterocycles. The van der Waals surface area contributed by atoms with Crippen molar-refractivity contribution in [2.75, 3.05) is 13.1 Å². The van der Waals surface area contributed by atoms with E-state index in [-0.39, 0.29) is 24.7 Å². The first-order valence-corrected chi connectivity index (χ1v) is 4.88. The van der Waals surface area contributed by atoms with E-state index in [0.717, 1.165) is 4.90 Å². The van der Waals surface area contributed by atoms with E-state index in [1.165, 1.54) is 12.5 Å². The van der Waals surface area contributed by atoms with Gasteiger partial charge >= 0.3 is 5.97 Å². The summed E-state index contributed by atoms with van der Waals surface area (Å²) in [7, 11) is 0. The van der Waals surface area contributed by atoms with Crippen LogP contribution in [0.3, 0.4) is 0 Å². The lowest BCUT2D eigenvalue weighted by Crippen LogP contribution is -2.59. The van der Waals surface area contributed by atoms with Crippen LogP contribution in [0.15, 0.2) is 12.5 Å². The number of carboxylic acids is 1. The summed E-state index contributed by atoms with van der Waals surface area (Å²) in [6.07, 6.45) is 2.60. The standard InChI is InChI=1S/C9H10N4O4/c14-7-3-13(6(2-11-7)9(16)17)8(15)5-1-10-4-12-5/h1,4,6H,2-3H2,(H,10,12)(H,11,14)(H,16,17). The lowest BCUT2D eigenvalue weighted by Gasteiger charge is -2.32. The molecule has 8 heteroatoms. The summed E-state index contributed by atoms with van der Waals surface area (Å²) >= 11 is 0. The molecule has 1 saturated heterocycles. The summed E-state index contributed by atoms with van der Waals surface area (Å²) in [4.78, 5) is 41.4. The average molecular weight is 238 g/mol. The molecule has 1 aliphatic heterocycles. The molecular formula is C9H10N4O4. The van der Waals surface area contributed by atoms with Crippen LogP contribution in [-0.4, -0.2) is 56.9 Å². The lowest BCUT2D eigenvalue weighted by molar-refractivity contribution is -0.144. The maximum atomic E-state index is 11.9. The summed E-state index contributed by atoms with van der Waals surface area (Å²) in [6, 6.07) is -1.05. The van der Waals surface area contributed by atoms with Crippen LogP contribution in [0.2, 0.25) is 0 Å². The molecule has 0 aliphatic carbocycles. The van der Waals surface area contributed by atoms with Gasteiger partial charge in [-0.2, -0.15) is 0 Å². The quantitative estimate of drug-likeness (QED) is 0.576. The van der Waals surface area contributed by atoms with Gasteiger partial charge in [-0.1, -0.05) is 0 Å². The van der Waals surface area contributed by atoms with Crippen molar-refractivity contribution >= 4 is 17.8 Å². The van der Waals surface area contributed by atoms with Crippen molar-refractivity contribution in [3.05, 3.63) is 18.2 Å². The SMILES string of the molecule is O=C1CN(C(=O)c2cnc[nH]2)C(C(=O)O)CN1. The molecule has 17 heavy (non-hydrogen) atoms. The zero-order valence-corrected chi connectivity index (χ0v) is 8.71. The normalized spacial score (nSPS) is 19.9. The maximum absolute atomic E-state index is 11.9. The fourth-order valence-corrected chi connectivity index (χ4v) is 1.60. The first-order valence-electron chi connectivity index (χ1n) is 4.88. The Balaban J connectivity index is 2.23. The van der Waals surface area contributed by atoms with Gasteiger partial charge in [0.25, 0.3) is 5.91 Å². The monoisotopic (exact) mass is 238 g/mol. The van der Waals surface area contributed by atoms with Gasteiger partial charge in [-0.25, -0.2) is 9.78 Å². The van der Waals surface area contributed by atoms with Crippen molar-refractivity contribution in [1.29, 1.82) is 0 Å². The highest BCUT2D eigenvalue weighted by Gasteiger charge is 2.35. The van der Waals surface area contributed by atoms with E-state index in [1.807, 2.05) is 0 Å². The van der Waals surface area contributed by atoms with Crippen molar-refractivity contribution < 1.29 is 19.5 Å². The third kappa shape index (κ3) is 2.10. The Labute approximate surface area is 95.6 Å². The summed E-state index contributed by atoms with van der Waals surface area (Å²) in [5.41, 5.74) is 0.158. The van der Waals surface area contributed by atoms with Crippen LogP contribution >= 0.6 is 0 Å². The van der Waals surface area contributed by atoms with Gasteiger partial charge in [0.15, 0.2) is 0 Å². The molecule has 3 N–H and O–H groups in total. The van der Waals surface area contributed by atoms with Crippen molar-refractivity contribution in [3.63, 3.8) is 0 Å². The second kappa shape index (κ2) is 4.24. The second-order valence-electron chi connectivity index (χ2n) is 3.56. The number of nitrogens with one attached hydrogen (secondary N) is 2. The summed E-state index contributed by atoms with van der Waals surface area (Å²) in [5, 5.41) is 11.4. The Kier molecular flexibility index (Phi) is 2.77. The zero-order chi connectivity index (χ0) is 12.4. The highest BCUT2D eigenvalue weighted by Crippen LogP contribution is 2.09. The molecule has 0 spiro atoms. The summed E-state index contributed by atoms with van der Waals surface area (Å²) in [5.74, 6) is -2.09. The molecule has 1 aromatic rings. The van der Waals surface area contributed by atoms with Crippen molar-refractivity contribution in [1.82, 2.24) is 20.2 Å². The first-order chi connectivity index (χ1) is 8.09. The molecule has 2 amide bonds. The second-order valence-corrected chi connectivity index (χ2v) is 3.56. The van der Waals surface area contributed by atoms with Crippen LogP contribution < -0.4 is 5.32 Å². The number of nitrogens with zero attached hydrogens (tertiary/aromatic N) is 2. The molecule has 0 radical (unpaired) electrons. The Morgan fingerprint density at radius 3 is 2.88 bits per heavy atom. The van der Waals surface area contributed by atoms with Crippen LogP contribution in [0.5, 0.6) is 0 Å². The smallest absolute Gasteiger partial charge is 0.328 e. The molecule has 0 saturated carbocycles. The van der Waals surface area contributed by atoms with Gasteiger partial charge in [-0.05, 0) is 0 Å². The maximum Gasteiger partial charge on any atom is 0.328 e. The van der Waals surface area contributed by atoms with Gasteiger partial charge in [-0.15, -0.1) is 0 Å². The fourth-order valence-electron chi connectivity index (χ4n) is 1.60. The highest BCUT2D eigenvalue weighted by atomic mass is 16.4. The zero-order valence-electron chi connectivity index (χ0n) is 8.71. The minimum absolute atomic E-state index is 0.0892. The van der Waals surface area contributed by atoms with E-state index in [0.29, 0.717) is 0 Å². The molecule has 1 aliphatic rings. The van der Waals surface area contributed by atoms with E-state index < -0.39 is 17.9 Å². The summed E-state index contributed by atoms with van der Waals surface area (Å²) < 4.78 is 0. The van der Waals surface area contributed by atoms with E-state index >= 15 is 0 Å². The fraction of sp³-hybridized carbons (Fsp3) is 0.333. The molecule has 1 fully saturated rings. The molecule has 8 nitrogen and oxygen atoms in total. The van der Waals surface area contributed by atoms with Crippen LogP contribution in [0.25, 0.3) is 0 Å². The van der Waals surface area contributed by atoms with Crippen LogP contribution in [0, 0.1) is 0 Å². The lowest BCUT2D eigenvalue weighted by atomic mass is 10.1. The predicted molar refractivity (Wildman–Crippen MR) is 54.1 cm³/mol. The molecule has 2 rings (SSSR count). The molecule has 1 atom stereocenters. The van der Waals surface area contributed by atoms with Crippen molar-refractivity contribution in [2.45, 2.75) is 6.04 Å². The average Bonchev–Trinajstić information content (AvgIpc) is 2.80. The summed E-state index contributed by atoms with van der Waals surface area (Å²) in [6.45, 7) is -0.358. The Hall–Kier alpha value is -2.38. The molecule has 0 bridgehead atoms. The molecule has 1 unspecified atom stereocenters. The van der Waals surface area contributed by atoms with Gasteiger partial charge in [0.1, 0.15) is 18.3 Å². The Morgan fingerprint density at radius 2 is 2.29 bits per heavy atom. The number of hydrogen-bond donors (Lipinski definition) is 3. The number of hydrogen-bond acceptors (Lipinski definition) is 4. The van der Waals surface area contributed by atoms with E-state index in [4.69, 9.17) is 5.11 Å². The van der Waals surface area contributed by atoms with E-state index in [9.17, 15) is 14.4 Å². The first kappa shape index (κ1) is 11.1. The number of aromatic amines is 1. The number of carbonyl (C=O) groups excluding carboxylic acids is 2. The van der Waals surface area contributed by atoms with Crippen LogP contribution in [0.4, 0.5) is 0 Å². The number of aromatic nitrogens is 2. The van der Waals surface area contributed by atoms with Crippen molar-refractivity contribution in [3.8, 4) is 0 Å². The number of H-pyrrole nitrogens is 1. The molecule has 1 aromatic heterocycles.